The van der Waals surface area contributed by atoms with Crippen LogP contribution in [-0.2, 0) is 20.8 Å². The summed E-state index contributed by atoms with van der Waals surface area (Å²) in [6.07, 6.45) is 0.837. The number of carbonyl (C=O) groups is 3. The van der Waals surface area contributed by atoms with E-state index in [-0.39, 0.29) is 28.5 Å². The zero-order valence-electron chi connectivity index (χ0n) is 18.1. The molecule has 0 saturated carbocycles. The topological polar surface area (TPSA) is 126 Å². The summed E-state index contributed by atoms with van der Waals surface area (Å²) in [5.74, 6) is -0.482. The molecule has 1 amide bonds. The van der Waals surface area contributed by atoms with E-state index in [0.717, 1.165) is 6.42 Å². The minimum Gasteiger partial charge on any atom is -0.465 e. The third-order valence-corrected chi connectivity index (χ3v) is 5.74. The molecule has 0 fully saturated rings. The molecule has 0 bridgehead atoms. The van der Waals surface area contributed by atoms with Gasteiger partial charge in [0.05, 0.1) is 31.1 Å². The van der Waals surface area contributed by atoms with Crippen LogP contribution in [0.5, 0.6) is 0 Å². The highest BCUT2D eigenvalue weighted by Crippen LogP contribution is 2.28. The van der Waals surface area contributed by atoms with Crippen molar-refractivity contribution < 1.29 is 28.3 Å². The Balaban J connectivity index is 1.75. The lowest BCUT2D eigenvalue weighted by Gasteiger charge is -2.10. The van der Waals surface area contributed by atoms with Crippen LogP contribution in [0.1, 0.15) is 34.1 Å². The van der Waals surface area contributed by atoms with E-state index < -0.39 is 11.9 Å². The van der Waals surface area contributed by atoms with Gasteiger partial charge in [-0.05, 0) is 52.7 Å². The molecule has 0 atom stereocenters. The van der Waals surface area contributed by atoms with Crippen LogP contribution in [0, 0.1) is 0 Å². The lowest BCUT2D eigenvalue weighted by Crippen LogP contribution is -2.16. The monoisotopic (exact) mass is 536 g/mol. The molecule has 0 radical (unpaired) electrons. The number of aromatic nitrogens is 3. The number of thioether (sulfide) groups is 1. The Kier molecular flexibility index (Phi) is 8.28. The summed E-state index contributed by atoms with van der Waals surface area (Å²) in [7, 11) is 2.45. The molecule has 12 heteroatoms. The Bertz CT molecular complexity index is 1140. The van der Waals surface area contributed by atoms with Crippen molar-refractivity contribution in [1.82, 2.24) is 14.8 Å². The molecule has 3 aromatic rings. The van der Waals surface area contributed by atoms with Crippen molar-refractivity contribution >= 4 is 51.2 Å². The number of carbonyl (C=O) groups excluding carboxylic acids is 3. The zero-order valence-corrected chi connectivity index (χ0v) is 20.5. The molecule has 2 aromatic heterocycles. The summed E-state index contributed by atoms with van der Waals surface area (Å²) in [4.78, 5) is 36.4. The lowest BCUT2D eigenvalue weighted by atomic mass is 10.1. The van der Waals surface area contributed by atoms with Crippen molar-refractivity contribution in [2.45, 2.75) is 25.0 Å². The van der Waals surface area contributed by atoms with E-state index in [1.165, 1.54) is 44.2 Å². The van der Waals surface area contributed by atoms with Crippen LogP contribution in [0.3, 0.4) is 0 Å². The first kappa shape index (κ1) is 24.5. The predicted molar refractivity (Wildman–Crippen MR) is 124 cm³/mol. The summed E-state index contributed by atoms with van der Waals surface area (Å²) < 4.78 is 17.5. The first-order chi connectivity index (χ1) is 15.9. The van der Waals surface area contributed by atoms with E-state index in [1.807, 2.05) is 11.5 Å². The summed E-state index contributed by atoms with van der Waals surface area (Å²) in [6, 6.07) is 7.74. The smallest absolute Gasteiger partial charge is 0.337 e. The third-order valence-electron chi connectivity index (χ3n) is 4.35. The summed E-state index contributed by atoms with van der Waals surface area (Å²) in [6.45, 7) is 2.67. The molecule has 0 aliphatic carbocycles. The number of nitrogens with zero attached hydrogens (tertiary/aromatic N) is 3. The number of esters is 2. The highest BCUT2D eigenvalue weighted by Gasteiger charge is 2.19. The lowest BCUT2D eigenvalue weighted by molar-refractivity contribution is -0.113. The van der Waals surface area contributed by atoms with E-state index in [0.29, 0.717) is 28.0 Å². The van der Waals surface area contributed by atoms with Crippen molar-refractivity contribution in [3.05, 3.63) is 46.1 Å². The van der Waals surface area contributed by atoms with Crippen LogP contribution < -0.4 is 5.32 Å². The van der Waals surface area contributed by atoms with Gasteiger partial charge in [0, 0.05) is 12.2 Å². The molecule has 2 heterocycles. The van der Waals surface area contributed by atoms with Crippen molar-refractivity contribution in [2.75, 3.05) is 25.3 Å². The number of benzene rings is 1. The number of methoxy groups -OCH3 is 2. The first-order valence-corrected chi connectivity index (χ1v) is 11.6. The molecule has 0 unspecified atom stereocenters. The Morgan fingerprint density at radius 2 is 1.76 bits per heavy atom. The molecule has 0 aliphatic rings. The van der Waals surface area contributed by atoms with Gasteiger partial charge in [0.15, 0.2) is 15.6 Å². The number of furan rings is 1. The molecular weight excluding hydrogens is 516 g/mol. The minimum absolute atomic E-state index is 0.0275. The predicted octanol–water partition coefficient (Wildman–Crippen LogP) is 4.01. The summed E-state index contributed by atoms with van der Waals surface area (Å²) in [5.41, 5.74) is 0.487. The van der Waals surface area contributed by atoms with E-state index in [1.54, 1.807) is 12.1 Å². The van der Waals surface area contributed by atoms with Crippen molar-refractivity contribution in [1.29, 1.82) is 0 Å². The SMILES string of the molecule is CCCn1c(SCC(=O)Nc2cc(C(=O)OC)cc(C(=O)OC)c2)nnc1-c1ccc(Br)o1. The summed E-state index contributed by atoms with van der Waals surface area (Å²) in [5, 5.41) is 11.6. The molecule has 174 valence electrons. The molecule has 1 aromatic carbocycles. The maximum Gasteiger partial charge on any atom is 0.337 e. The molecular formula is C21H21BrN4O6S. The van der Waals surface area contributed by atoms with Gasteiger partial charge in [0.2, 0.25) is 11.7 Å². The van der Waals surface area contributed by atoms with Crippen molar-refractivity contribution in [3.63, 3.8) is 0 Å². The Hall–Kier alpha value is -3.12. The normalized spacial score (nSPS) is 10.7. The first-order valence-electron chi connectivity index (χ1n) is 9.79. The van der Waals surface area contributed by atoms with Crippen LogP contribution >= 0.6 is 27.7 Å². The molecule has 3 rings (SSSR count). The van der Waals surface area contributed by atoms with Gasteiger partial charge in [0.1, 0.15) is 0 Å². The second kappa shape index (κ2) is 11.1. The van der Waals surface area contributed by atoms with Gasteiger partial charge in [-0.25, -0.2) is 9.59 Å². The highest BCUT2D eigenvalue weighted by atomic mass is 79.9. The second-order valence-corrected chi connectivity index (χ2v) is 8.40. The van der Waals surface area contributed by atoms with Crippen LogP contribution in [-0.4, -0.2) is 52.6 Å². The number of hydrogen-bond donors (Lipinski definition) is 1. The third kappa shape index (κ3) is 6.02. The van der Waals surface area contributed by atoms with Gasteiger partial charge in [-0.1, -0.05) is 18.7 Å². The molecule has 1 N–H and O–H groups in total. The Morgan fingerprint density at radius 1 is 1.09 bits per heavy atom. The fourth-order valence-corrected chi connectivity index (χ4v) is 4.01. The van der Waals surface area contributed by atoms with Crippen molar-refractivity contribution in [2.24, 2.45) is 0 Å². The number of anilines is 1. The quantitative estimate of drug-likeness (QED) is 0.318. The minimum atomic E-state index is -0.643. The standard InChI is InChI=1S/C21H21BrN4O6S/c1-4-7-26-18(15-5-6-16(22)32-15)24-25-21(26)33-11-17(27)23-14-9-12(19(28)30-2)8-13(10-14)20(29)31-3/h5-6,8-10H,4,7,11H2,1-3H3,(H,23,27). The van der Waals surface area contributed by atoms with E-state index >= 15 is 0 Å². The highest BCUT2D eigenvalue weighted by molar-refractivity contribution is 9.10. The van der Waals surface area contributed by atoms with E-state index in [2.05, 4.69) is 31.4 Å². The number of rotatable bonds is 9. The zero-order chi connectivity index (χ0) is 24.0. The molecule has 0 spiro atoms. The van der Waals surface area contributed by atoms with Crippen molar-refractivity contribution in [3.8, 4) is 11.6 Å². The van der Waals surface area contributed by atoms with Gasteiger partial charge >= 0.3 is 11.9 Å². The largest absolute Gasteiger partial charge is 0.465 e. The van der Waals surface area contributed by atoms with Gasteiger partial charge in [-0.3, -0.25) is 9.36 Å². The average molecular weight is 537 g/mol. The fourth-order valence-electron chi connectivity index (χ4n) is 2.94. The molecule has 0 aliphatic heterocycles. The van der Waals surface area contributed by atoms with E-state index in [9.17, 15) is 14.4 Å². The number of nitrogens with one attached hydrogen (secondary N) is 1. The fraction of sp³-hybridized carbons (Fsp3) is 0.286. The number of ether oxygens (including phenoxy) is 2. The molecule has 0 saturated heterocycles. The maximum atomic E-state index is 12.6. The number of halogens is 1. The second-order valence-electron chi connectivity index (χ2n) is 6.68. The maximum absolute atomic E-state index is 12.6. The van der Waals surface area contributed by atoms with Gasteiger partial charge in [-0.15, -0.1) is 10.2 Å². The average Bonchev–Trinajstić information content (AvgIpc) is 3.42. The van der Waals surface area contributed by atoms with Crippen LogP contribution in [0.2, 0.25) is 0 Å². The number of hydrogen-bond acceptors (Lipinski definition) is 9. The van der Waals surface area contributed by atoms with Crippen LogP contribution in [0.25, 0.3) is 11.6 Å². The number of amides is 1. The van der Waals surface area contributed by atoms with Gasteiger partial charge in [-0.2, -0.15) is 0 Å². The Morgan fingerprint density at radius 3 is 2.30 bits per heavy atom. The van der Waals surface area contributed by atoms with Crippen LogP contribution in [0.4, 0.5) is 5.69 Å². The Labute approximate surface area is 202 Å². The summed E-state index contributed by atoms with van der Waals surface area (Å²) >= 11 is 4.49. The van der Waals surface area contributed by atoms with Gasteiger partial charge < -0.3 is 19.2 Å². The molecule has 33 heavy (non-hydrogen) atoms. The van der Waals surface area contributed by atoms with Gasteiger partial charge in [0.25, 0.3) is 0 Å². The molecule has 10 nitrogen and oxygen atoms in total. The van der Waals surface area contributed by atoms with Crippen LogP contribution in [0.15, 0.2) is 44.6 Å². The van der Waals surface area contributed by atoms with E-state index in [4.69, 9.17) is 13.9 Å².